The van der Waals surface area contributed by atoms with Crippen molar-refractivity contribution in [3.8, 4) is 11.5 Å². The minimum absolute atomic E-state index is 0.0530. The fourth-order valence-corrected chi connectivity index (χ4v) is 4.08. The number of allylic oxidation sites excluding steroid dienone is 1. The van der Waals surface area contributed by atoms with E-state index in [4.69, 9.17) is 14.5 Å². The van der Waals surface area contributed by atoms with Gasteiger partial charge in [0.2, 0.25) is 0 Å². The summed E-state index contributed by atoms with van der Waals surface area (Å²) in [5.41, 5.74) is 5.75. The van der Waals surface area contributed by atoms with Crippen LogP contribution < -0.4 is 9.47 Å². The Balaban J connectivity index is 1.86. The molecule has 1 aliphatic rings. The maximum Gasteiger partial charge on any atom is 0.254 e. The predicted molar refractivity (Wildman–Crippen MR) is 125 cm³/mol. The second-order valence-corrected chi connectivity index (χ2v) is 8.12. The number of fused-ring (bicyclic) bond motifs is 2. The van der Waals surface area contributed by atoms with Crippen molar-refractivity contribution in [2.75, 3.05) is 21.3 Å². The molecule has 0 fully saturated rings. The molecule has 3 aromatic rings. The van der Waals surface area contributed by atoms with Crippen molar-refractivity contribution in [2.45, 2.75) is 32.7 Å². The molecule has 1 aromatic heterocycles. The van der Waals surface area contributed by atoms with Crippen LogP contribution in [0.15, 0.2) is 42.5 Å². The Labute approximate surface area is 183 Å². The number of rotatable bonds is 5. The van der Waals surface area contributed by atoms with E-state index in [-0.39, 0.29) is 11.9 Å². The third kappa shape index (κ3) is 3.76. The summed E-state index contributed by atoms with van der Waals surface area (Å²) < 4.78 is 10.8. The van der Waals surface area contributed by atoms with Gasteiger partial charge in [-0.3, -0.25) is 4.79 Å². The molecule has 0 spiro atoms. The summed E-state index contributed by atoms with van der Waals surface area (Å²) in [7, 11) is 5.13. The first-order valence-corrected chi connectivity index (χ1v) is 10.6. The van der Waals surface area contributed by atoms with Gasteiger partial charge < -0.3 is 14.4 Å². The molecular weight excluding hydrogens is 388 g/mol. The average molecular weight is 417 g/mol. The fraction of sp³-hybridized carbons (Fsp3) is 0.308. The molecule has 0 radical (unpaired) electrons. The van der Waals surface area contributed by atoms with Gasteiger partial charge in [0.1, 0.15) is 0 Å². The number of ether oxygens (including phenoxy) is 2. The van der Waals surface area contributed by atoms with Gasteiger partial charge in [-0.15, -0.1) is 0 Å². The maximum atomic E-state index is 13.4. The molecule has 0 atom stereocenters. The zero-order chi connectivity index (χ0) is 22.1. The van der Waals surface area contributed by atoms with Gasteiger partial charge in [0.15, 0.2) is 11.5 Å². The van der Waals surface area contributed by atoms with Crippen molar-refractivity contribution in [3.63, 3.8) is 0 Å². The van der Waals surface area contributed by atoms with Gasteiger partial charge in [0, 0.05) is 18.5 Å². The number of methoxy groups -OCH3 is 2. The summed E-state index contributed by atoms with van der Waals surface area (Å²) in [5.74, 6) is 1.44. The molecule has 31 heavy (non-hydrogen) atoms. The molecule has 5 heteroatoms. The molecule has 1 aliphatic carbocycles. The summed E-state index contributed by atoms with van der Waals surface area (Å²) in [4.78, 5) is 20.2. The maximum absolute atomic E-state index is 13.4. The van der Waals surface area contributed by atoms with E-state index in [0.29, 0.717) is 11.5 Å². The number of hydrogen-bond donors (Lipinski definition) is 0. The molecule has 0 aliphatic heterocycles. The summed E-state index contributed by atoms with van der Waals surface area (Å²) in [6.45, 7) is 4.06. The van der Waals surface area contributed by atoms with E-state index in [1.165, 1.54) is 0 Å². The summed E-state index contributed by atoms with van der Waals surface area (Å²) in [6, 6.07) is 13.9. The Morgan fingerprint density at radius 1 is 1.06 bits per heavy atom. The van der Waals surface area contributed by atoms with E-state index in [2.05, 4.69) is 6.08 Å². The van der Waals surface area contributed by atoms with E-state index in [1.54, 1.807) is 19.1 Å². The molecule has 5 nitrogen and oxygen atoms in total. The monoisotopic (exact) mass is 416 g/mol. The standard InChI is InChI=1S/C26H28N2O3/c1-16(2)28(3)26(29)24-19-8-6-7-9-21(19)27-25-18(11-12-20(24)25)14-17-10-13-22(30-4)23(15-17)31-5/h6-10,13-16H,11-12H2,1-5H3/b18-14+. The van der Waals surface area contributed by atoms with Gasteiger partial charge >= 0.3 is 0 Å². The molecule has 160 valence electrons. The number of hydrogen-bond acceptors (Lipinski definition) is 4. The summed E-state index contributed by atoms with van der Waals surface area (Å²) in [5, 5.41) is 0.922. The molecule has 0 unspecified atom stereocenters. The zero-order valence-corrected chi connectivity index (χ0v) is 18.7. The quantitative estimate of drug-likeness (QED) is 0.572. The number of para-hydroxylation sites is 1. The van der Waals surface area contributed by atoms with Crippen molar-refractivity contribution in [1.82, 2.24) is 9.88 Å². The summed E-state index contributed by atoms with van der Waals surface area (Å²) >= 11 is 0. The Hall–Kier alpha value is -3.34. The highest BCUT2D eigenvalue weighted by molar-refractivity contribution is 6.09. The topological polar surface area (TPSA) is 51.7 Å². The highest BCUT2D eigenvalue weighted by atomic mass is 16.5. The molecule has 2 aromatic carbocycles. The minimum Gasteiger partial charge on any atom is -0.493 e. The van der Waals surface area contributed by atoms with Crippen LogP contribution >= 0.6 is 0 Å². The van der Waals surface area contributed by atoms with Gasteiger partial charge in [0.25, 0.3) is 5.91 Å². The van der Waals surface area contributed by atoms with Crippen LogP contribution in [0.5, 0.6) is 11.5 Å². The van der Waals surface area contributed by atoms with Crippen LogP contribution in [-0.2, 0) is 6.42 Å². The van der Waals surface area contributed by atoms with Crippen LogP contribution in [0, 0.1) is 0 Å². The molecule has 0 saturated carbocycles. The third-order valence-electron chi connectivity index (χ3n) is 6.00. The average Bonchev–Trinajstić information content (AvgIpc) is 3.18. The lowest BCUT2D eigenvalue weighted by molar-refractivity contribution is 0.0756. The summed E-state index contributed by atoms with van der Waals surface area (Å²) in [6.07, 6.45) is 3.79. The van der Waals surface area contributed by atoms with Gasteiger partial charge in [-0.2, -0.15) is 0 Å². The van der Waals surface area contributed by atoms with Gasteiger partial charge in [-0.05, 0) is 67.7 Å². The van der Waals surface area contributed by atoms with Crippen molar-refractivity contribution >= 4 is 28.5 Å². The van der Waals surface area contributed by atoms with Crippen molar-refractivity contribution in [1.29, 1.82) is 0 Å². The Bertz CT molecular complexity index is 1180. The van der Waals surface area contributed by atoms with Crippen LogP contribution in [0.1, 0.15) is 47.4 Å². The van der Waals surface area contributed by atoms with Crippen LogP contribution in [0.25, 0.3) is 22.6 Å². The predicted octanol–water partition coefficient (Wildman–Crippen LogP) is 5.22. The molecular formula is C26H28N2O3. The van der Waals surface area contributed by atoms with E-state index in [1.807, 2.05) is 63.4 Å². The molecule has 0 saturated heterocycles. The smallest absolute Gasteiger partial charge is 0.254 e. The SMILES string of the molecule is COc1ccc(/C=C2\CCc3c2nc2ccccc2c3C(=O)N(C)C(C)C)cc1OC. The first kappa shape index (κ1) is 20.9. The van der Waals surface area contributed by atoms with Crippen molar-refractivity contribution < 1.29 is 14.3 Å². The van der Waals surface area contributed by atoms with Crippen LogP contribution in [-0.4, -0.2) is 43.1 Å². The van der Waals surface area contributed by atoms with Gasteiger partial charge in [-0.1, -0.05) is 24.3 Å². The largest absolute Gasteiger partial charge is 0.493 e. The lowest BCUT2D eigenvalue weighted by Gasteiger charge is -2.23. The van der Waals surface area contributed by atoms with E-state index >= 15 is 0 Å². The van der Waals surface area contributed by atoms with E-state index in [9.17, 15) is 4.79 Å². The number of aromatic nitrogens is 1. The number of amides is 1. The number of nitrogens with zero attached hydrogens (tertiary/aromatic N) is 2. The lowest BCUT2D eigenvalue weighted by atomic mass is 9.99. The number of carbonyl (C=O) groups excluding carboxylic acids is 1. The zero-order valence-electron chi connectivity index (χ0n) is 18.7. The lowest BCUT2D eigenvalue weighted by Crippen LogP contribution is -2.33. The Kier molecular flexibility index (Phi) is 5.68. The number of benzene rings is 2. The highest BCUT2D eigenvalue weighted by Crippen LogP contribution is 2.39. The van der Waals surface area contributed by atoms with Crippen LogP contribution in [0.3, 0.4) is 0 Å². The van der Waals surface area contributed by atoms with Crippen LogP contribution in [0.4, 0.5) is 0 Å². The molecule has 1 heterocycles. The van der Waals surface area contributed by atoms with Crippen molar-refractivity contribution in [2.24, 2.45) is 0 Å². The highest BCUT2D eigenvalue weighted by Gasteiger charge is 2.28. The second-order valence-electron chi connectivity index (χ2n) is 8.12. The first-order chi connectivity index (χ1) is 14.9. The molecule has 0 N–H and O–H groups in total. The Morgan fingerprint density at radius 2 is 1.81 bits per heavy atom. The number of carbonyl (C=O) groups is 1. The van der Waals surface area contributed by atoms with Gasteiger partial charge in [0.05, 0.1) is 31.0 Å². The second kappa shape index (κ2) is 8.42. The third-order valence-corrected chi connectivity index (χ3v) is 6.00. The van der Waals surface area contributed by atoms with E-state index < -0.39 is 0 Å². The molecule has 0 bridgehead atoms. The van der Waals surface area contributed by atoms with Crippen LogP contribution in [0.2, 0.25) is 0 Å². The molecule has 4 rings (SSSR count). The molecule has 1 amide bonds. The van der Waals surface area contributed by atoms with Gasteiger partial charge in [-0.25, -0.2) is 4.98 Å². The fourth-order valence-electron chi connectivity index (χ4n) is 4.08. The normalized spacial score (nSPS) is 14.2. The van der Waals surface area contributed by atoms with Crippen molar-refractivity contribution in [3.05, 3.63) is 64.8 Å². The first-order valence-electron chi connectivity index (χ1n) is 10.6. The Morgan fingerprint density at radius 3 is 2.52 bits per heavy atom. The minimum atomic E-state index is 0.0530. The van der Waals surface area contributed by atoms with E-state index in [0.717, 1.165) is 51.7 Å². The number of pyridine rings is 1.